The molecule has 2 unspecified atom stereocenters. The molecule has 3 amide bonds. The summed E-state index contributed by atoms with van der Waals surface area (Å²) in [5.41, 5.74) is -0.589. The Hall–Kier alpha value is -4.22. The second kappa shape index (κ2) is 12.8. The van der Waals surface area contributed by atoms with Gasteiger partial charge in [-0.2, -0.15) is 0 Å². The maximum absolute atomic E-state index is 13.3. The average Bonchev–Trinajstić information content (AvgIpc) is 3.47. The van der Waals surface area contributed by atoms with E-state index in [1.54, 1.807) is 33.8 Å². The van der Waals surface area contributed by atoms with Crippen LogP contribution in [0.15, 0.2) is 45.9 Å². The van der Waals surface area contributed by atoms with Gasteiger partial charge in [0.1, 0.15) is 17.5 Å². The van der Waals surface area contributed by atoms with Crippen LogP contribution in [0.1, 0.15) is 62.3 Å². The van der Waals surface area contributed by atoms with Gasteiger partial charge in [0.25, 0.3) is 11.5 Å². The van der Waals surface area contributed by atoms with E-state index in [4.69, 9.17) is 9.26 Å². The normalized spacial score (nSPS) is 16.8. The predicted octanol–water partition coefficient (Wildman–Crippen LogP) is 1.87. The molecule has 1 aliphatic rings. The van der Waals surface area contributed by atoms with Gasteiger partial charge in [0.05, 0.1) is 6.10 Å². The van der Waals surface area contributed by atoms with Crippen molar-refractivity contribution >= 4 is 29.4 Å². The number of nitrogens with one attached hydrogen (secondary N) is 3. The van der Waals surface area contributed by atoms with Gasteiger partial charge in [-0.05, 0) is 52.2 Å². The summed E-state index contributed by atoms with van der Waals surface area (Å²) in [5.74, 6) is -1.66. The first-order valence-corrected chi connectivity index (χ1v) is 12.5. The molecule has 1 aliphatic heterocycles. The van der Waals surface area contributed by atoms with E-state index in [9.17, 15) is 24.0 Å². The number of anilines is 1. The average molecular weight is 528 g/mol. The van der Waals surface area contributed by atoms with E-state index in [-0.39, 0.29) is 42.2 Å². The van der Waals surface area contributed by atoms with Crippen LogP contribution < -0.4 is 21.5 Å². The number of carbonyl (C=O) groups excluding carboxylic acids is 4. The first-order valence-electron chi connectivity index (χ1n) is 12.5. The van der Waals surface area contributed by atoms with E-state index in [0.29, 0.717) is 18.7 Å². The molecule has 12 nitrogen and oxygen atoms in total. The zero-order valence-electron chi connectivity index (χ0n) is 21.9. The number of esters is 1. The second-order valence-electron chi connectivity index (χ2n) is 9.31. The Morgan fingerprint density at radius 2 is 2.08 bits per heavy atom. The van der Waals surface area contributed by atoms with E-state index in [2.05, 4.69) is 21.1 Å². The van der Waals surface area contributed by atoms with Gasteiger partial charge in [0.2, 0.25) is 11.8 Å². The number of nitrogens with zero attached hydrogens (tertiary/aromatic N) is 2. The summed E-state index contributed by atoms with van der Waals surface area (Å²) in [7, 11) is 0. The molecule has 204 valence electrons. The van der Waals surface area contributed by atoms with Gasteiger partial charge >= 0.3 is 5.97 Å². The highest BCUT2D eigenvalue weighted by molar-refractivity contribution is 6.02. The van der Waals surface area contributed by atoms with Crippen molar-refractivity contribution in [1.82, 2.24) is 20.4 Å². The SMILES string of the molecule is CCC(C(=O)N[C@H](/C=C/C(=O)OC(C)C)CC1CCNC1=O)n1cccc(NC(=O)c2cc(C)on2)c1=O. The molecule has 3 atom stereocenters. The minimum Gasteiger partial charge on any atom is -0.460 e. The highest BCUT2D eigenvalue weighted by Gasteiger charge is 2.29. The Morgan fingerprint density at radius 3 is 2.68 bits per heavy atom. The molecule has 3 rings (SSSR count). The number of hydrogen-bond acceptors (Lipinski definition) is 8. The number of aryl methyl sites for hydroxylation is 1. The maximum Gasteiger partial charge on any atom is 0.330 e. The molecule has 3 N–H and O–H groups in total. The third-order valence-electron chi connectivity index (χ3n) is 5.95. The number of carbonyl (C=O) groups is 4. The lowest BCUT2D eigenvalue weighted by atomic mass is 9.97. The molecule has 2 aromatic heterocycles. The number of pyridine rings is 1. The fourth-order valence-electron chi connectivity index (χ4n) is 4.13. The summed E-state index contributed by atoms with van der Waals surface area (Å²) in [5, 5.41) is 11.8. The molecule has 0 saturated carbocycles. The molecule has 3 heterocycles. The molecular formula is C26H33N5O7. The van der Waals surface area contributed by atoms with E-state index >= 15 is 0 Å². The number of aromatic nitrogens is 2. The van der Waals surface area contributed by atoms with Crippen molar-refractivity contribution in [2.75, 3.05) is 11.9 Å². The number of amides is 3. The molecule has 1 saturated heterocycles. The van der Waals surface area contributed by atoms with Crippen LogP contribution in [0.4, 0.5) is 5.69 Å². The Morgan fingerprint density at radius 1 is 1.32 bits per heavy atom. The zero-order valence-corrected chi connectivity index (χ0v) is 21.9. The minimum absolute atomic E-state index is 0.0173. The Kier molecular flexibility index (Phi) is 9.58. The van der Waals surface area contributed by atoms with Gasteiger partial charge in [-0.25, -0.2) is 4.79 Å². The van der Waals surface area contributed by atoms with Crippen molar-refractivity contribution in [3.63, 3.8) is 0 Å². The molecule has 12 heteroatoms. The molecule has 0 spiro atoms. The molecule has 2 aromatic rings. The molecule has 0 aliphatic carbocycles. The lowest BCUT2D eigenvalue weighted by Gasteiger charge is -2.23. The van der Waals surface area contributed by atoms with Crippen LogP contribution in [-0.4, -0.2) is 52.1 Å². The topological polar surface area (TPSA) is 162 Å². The smallest absolute Gasteiger partial charge is 0.330 e. The van der Waals surface area contributed by atoms with Crippen LogP contribution >= 0.6 is 0 Å². The van der Waals surface area contributed by atoms with Crippen LogP contribution in [0.2, 0.25) is 0 Å². The van der Waals surface area contributed by atoms with Gasteiger partial charge in [-0.3, -0.25) is 19.2 Å². The van der Waals surface area contributed by atoms with Crippen LogP contribution in [0, 0.1) is 12.8 Å². The summed E-state index contributed by atoms with van der Waals surface area (Å²) in [4.78, 5) is 63.1. The van der Waals surface area contributed by atoms with E-state index in [1.807, 2.05) is 0 Å². The van der Waals surface area contributed by atoms with Crippen LogP contribution in [0.3, 0.4) is 0 Å². The lowest BCUT2D eigenvalue weighted by molar-refractivity contribution is -0.141. The Labute approximate surface area is 219 Å². The molecule has 0 radical (unpaired) electrons. The van der Waals surface area contributed by atoms with Crippen molar-refractivity contribution in [2.24, 2.45) is 5.92 Å². The fourth-order valence-corrected chi connectivity index (χ4v) is 4.13. The lowest BCUT2D eigenvalue weighted by Crippen LogP contribution is -2.43. The highest BCUT2D eigenvalue weighted by atomic mass is 16.5. The summed E-state index contributed by atoms with van der Waals surface area (Å²) < 4.78 is 11.3. The summed E-state index contributed by atoms with van der Waals surface area (Å²) >= 11 is 0. The molecule has 38 heavy (non-hydrogen) atoms. The van der Waals surface area contributed by atoms with E-state index in [0.717, 1.165) is 0 Å². The number of ether oxygens (including phenoxy) is 1. The van der Waals surface area contributed by atoms with Crippen molar-refractivity contribution in [1.29, 1.82) is 0 Å². The van der Waals surface area contributed by atoms with Crippen molar-refractivity contribution < 1.29 is 28.4 Å². The standard InChI is InChI=1S/C26H33N5O7/c1-5-21(31-12-6-7-19(26(31)36)29-24(34)20-13-16(4)38-30-20)25(35)28-18(8-9-22(32)37-15(2)3)14-17-10-11-27-23(17)33/h6-9,12-13,15,17-18,21H,5,10-11,14H2,1-4H3,(H,27,33)(H,28,35)(H,29,34)/b9-8+/t17?,18-,21?/m1/s1. The van der Waals surface area contributed by atoms with Gasteiger partial charge in [-0.15, -0.1) is 0 Å². The summed E-state index contributed by atoms with van der Waals surface area (Å²) in [6.07, 6.45) is 5.04. The molecule has 0 aromatic carbocycles. The third-order valence-corrected chi connectivity index (χ3v) is 5.95. The van der Waals surface area contributed by atoms with E-state index < -0.39 is 35.4 Å². The van der Waals surface area contributed by atoms with Gasteiger partial charge in [0.15, 0.2) is 5.69 Å². The van der Waals surface area contributed by atoms with E-state index in [1.165, 1.54) is 35.0 Å². The van der Waals surface area contributed by atoms with Gasteiger partial charge < -0.3 is 29.8 Å². The van der Waals surface area contributed by atoms with Gasteiger partial charge in [-0.1, -0.05) is 18.2 Å². The fraction of sp³-hybridized carbons (Fsp3) is 0.462. The van der Waals surface area contributed by atoms with Crippen molar-refractivity contribution in [3.8, 4) is 0 Å². The zero-order chi connectivity index (χ0) is 27.8. The Bertz CT molecular complexity index is 1260. The third kappa shape index (κ3) is 7.40. The van der Waals surface area contributed by atoms with Crippen LogP contribution in [-0.2, 0) is 19.1 Å². The predicted molar refractivity (Wildman–Crippen MR) is 137 cm³/mol. The quantitative estimate of drug-likeness (QED) is 0.295. The summed E-state index contributed by atoms with van der Waals surface area (Å²) in [6, 6.07) is 2.85. The molecule has 0 bridgehead atoms. The summed E-state index contributed by atoms with van der Waals surface area (Å²) in [6.45, 7) is 7.37. The molecular weight excluding hydrogens is 494 g/mol. The first-order chi connectivity index (χ1) is 18.1. The molecule has 1 fully saturated rings. The maximum atomic E-state index is 13.3. The number of hydrogen-bond donors (Lipinski definition) is 3. The van der Waals surface area contributed by atoms with Crippen LogP contribution in [0.5, 0.6) is 0 Å². The minimum atomic E-state index is -0.912. The van der Waals surface area contributed by atoms with Crippen LogP contribution in [0.25, 0.3) is 0 Å². The largest absolute Gasteiger partial charge is 0.460 e. The number of rotatable bonds is 11. The first kappa shape index (κ1) is 28.4. The highest BCUT2D eigenvalue weighted by Crippen LogP contribution is 2.19. The van der Waals surface area contributed by atoms with Crippen molar-refractivity contribution in [2.45, 2.75) is 65.1 Å². The van der Waals surface area contributed by atoms with Gasteiger partial charge in [0, 0.05) is 36.8 Å². The second-order valence-corrected chi connectivity index (χ2v) is 9.31. The monoisotopic (exact) mass is 527 g/mol. The Balaban J connectivity index is 1.79. The van der Waals surface area contributed by atoms with Crippen molar-refractivity contribution in [3.05, 3.63) is 58.4 Å².